The SMILES string of the molecule is CC1CN(CCCC2CCCC2)C(C(C)C)CN1. The minimum atomic E-state index is 0.673. The van der Waals surface area contributed by atoms with E-state index in [0.29, 0.717) is 6.04 Å². The first-order valence-corrected chi connectivity index (χ1v) is 8.14. The highest BCUT2D eigenvalue weighted by molar-refractivity contribution is 4.86. The summed E-state index contributed by atoms with van der Waals surface area (Å²) in [5.74, 6) is 1.83. The summed E-state index contributed by atoms with van der Waals surface area (Å²) >= 11 is 0. The van der Waals surface area contributed by atoms with Crippen molar-refractivity contribution in [1.82, 2.24) is 10.2 Å². The van der Waals surface area contributed by atoms with Gasteiger partial charge in [0.1, 0.15) is 0 Å². The Morgan fingerprint density at radius 2 is 1.94 bits per heavy atom. The van der Waals surface area contributed by atoms with Crippen LogP contribution in [-0.2, 0) is 0 Å². The van der Waals surface area contributed by atoms with E-state index in [1.54, 1.807) is 0 Å². The van der Waals surface area contributed by atoms with Gasteiger partial charge in [-0.2, -0.15) is 0 Å². The zero-order valence-corrected chi connectivity index (χ0v) is 12.6. The Bertz CT molecular complexity index is 233. The van der Waals surface area contributed by atoms with Crippen LogP contribution in [0.25, 0.3) is 0 Å². The fourth-order valence-corrected chi connectivity index (χ4v) is 3.80. The first kappa shape index (κ1) is 14.3. The molecule has 2 aliphatic rings. The van der Waals surface area contributed by atoms with E-state index in [4.69, 9.17) is 0 Å². The van der Waals surface area contributed by atoms with Gasteiger partial charge in [0.15, 0.2) is 0 Å². The lowest BCUT2D eigenvalue weighted by molar-refractivity contribution is 0.0995. The van der Waals surface area contributed by atoms with Crippen molar-refractivity contribution in [2.45, 2.75) is 71.4 Å². The van der Waals surface area contributed by atoms with Gasteiger partial charge in [-0.3, -0.25) is 4.90 Å². The summed E-state index contributed by atoms with van der Waals surface area (Å²) in [6.07, 6.45) is 8.88. The number of piperazine rings is 1. The second-order valence-electron chi connectivity index (χ2n) is 6.91. The minimum Gasteiger partial charge on any atom is -0.311 e. The molecule has 1 aliphatic heterocycles. The van der Waals surface area contributed by atoms with E-state index in [1.807, 2.05) is 0 Å². The molecule has 0 spiro atoms. The molecule has 1 saturated heterocycles. The highest BCUT2D eigenvalue weighted by Crippen LogP contribution is 2.28. The van der Waals surface area contributed by atoms with Crippen molar-refractivity contribution in [3.05, 3.63) is 0 Å². The molecular formula is C16H32N2. The molecule has 0 radical (unpaired) electrons. The first-order valence-electron chi connectivity index (χ1n) is 8.14. The molecular weight excluding hydrogens is 220 g/mol. The van der Waals surface area contributed by atoms with Gasteiger partial charge in [0.2, 0.25) is 0 Å². The molecule has 1 heterocycles. The smallest absolute Gasteiger partial charge is 0.0244 e. The maximum atomic E-state index is 3.63. The second-order valence-corrected chi connectivity index (χ2v) is 6.91. The molecule has 2 atom stereocenters. The highest BCUT2D eigenvalue weighted by Gasteiger charge is 2.27. The molecule has 0 aromatic carbocycles. The standard InChI is InChI=1S/C16H32N2/c1-13(2)16-11-17-14(3)12-18(16)10-6-9-15-7-4-5-8-15/h13-17H,4-12H2,1-3H3. The summed E-state index contributed by atoms with van der Waals surface area (Å²) in [5, 5.41) is 3.63. The molecule has 2 rings (SSSR count). The van der Waals surface area contributed by atoms with E-state index >= 15 is 0 Å². The lowest BCUT2D eigenvalue weighted by atomic mass is 9.97. The van der Waals surface area contributed by atoms with Crippen LogP contribution >= 0.6 is 0 Å². The molecule has 0 aromatic rings. The zero-order chi connectivity index (χ0) is 13.0. The van der Waals surface area contributed by atoms with Gasteiger partial charge in [0, 0.05) is 25.2 Å². The molecule has 0 amide bonds. The minimum absolute atomic E-state index is 0.673. The number of hydrogen-bond acceptors (Lipinski definition) is 2. The molecule has 0 aromatic heterocycles. The monoisotopic (exact) mass is 252 g/mol. The molecule has 2 nitrogen and oxygen atoms in total. The van der Waals surface area contributed by atoms with Gasteiger partial charge >= 0.3 is 0 Å². The van der Waals surface area contributed by atoms with E-state index in [-0.39, 0.29) is 0 Å². The number of nitrogens with zero attached hydrogens (tertiary/aromatic N) is 1. The van der Waals surface area contributed by atoms with Crippen molar-refractivity contribution < 1.29 is 0 Å². The van der Waals surface area contributed by atoms with Crippen molar-refractivity contribution in [1.29, 1.82) is 0 Å². The van der Waals surface area contributed by atoms with Crippen molar-refractivity contribution >= 4 is 0 Å². The van der Waals surface area contributed by atoms with Crippen LogP contribution < -0.4 is 5.32 Å². The quantitative estimate of drug-likeness (QED) is 0.808. The summed E-state index contributed by atoms with van der Waals surface area (Å²) in [6.45, 7) is 10.8. The Morgan fingerprint density at radius 1 is 1.22 bits per heavy atom. The largest absolute Gasteiger partial charge is 0.311 e. The first-order chi connectivity index (χ1) is 8.66. The zero-order valence-electron chi connectivity index (χ0n) is 12.6. The van der Waals surface area contributed by atoms with Crippen molar-refractivity contribution in [3.8, 4) is 0 Å². The van der Waals surface area contributed by atoms with Gasteiger partial charge < -0.3 is 5.32 Å². The van der Waals surface area contributed by atoms with Crippen LogP contribution in [0.5, 0.6) is 0 Å². The van der Waals surface area contributed by atoms with Gasteiger partial charge in [-0.25, -0.2) is 0 Å². The molecule has 2 heteroatoms. The molecule has 1 saturated carbocycles. The average molecular weight is 252 g/mol. The van der Waals surface area contributed by atoms with Gasteiger partial charge in [-0.15, -0.1) is 0 Å². The third-order valence-corrected chi connectivity index (χ3v) is 4.95. The highest BCUT2D eigenvalue weighted by atomic mass is 15.2. The third-order valence-electron chi connectivity index (χ3n) is 4.95. The van der Waals surface area contributed by atoms with E-state index in [1.165, 1.54) is 58.2 Å². The molecule has 2 fully saturated rings. The maximum Gasteiger partial charge on any atom is 0.0244 e. The normalized spacial score (nSPS) is 31.3. The van der Waals surface area contributed by atoms with Crippen LogP contribution in [0.15, 0.2) is 0 Å². The lowest BCUT2D eigenvalue weighted by Crippen LogP contribution is -2.57. The van der Waals surface area contributed by atoms with Crippen molar-refractivity contribution in [2.24, 2.45) is 11.8 Å². The number of nitrogens with one attached hydrogen (secondary N) is 1. The van der Waals surface area contributed by atoms with Crippen molar-refractivity contribution in [2.75, 3.05) is 19.6 Å². The van der Waals surface area contributed by atoms with E-state index in [2.05, 4.69) is 31.0 Å². The summed E-state index contributed by atoms with van der Waals surface area (Å²) in [5.41, 5.74) is 0. The van der Waals surface area contributed by atoms with Crippen LogP contribution in [0.4, 0.5) is 0 Å². The van der Waals surface area contributed by atoms with Crippen LogP contribution in [0.3, 0.4) is 0 Å². The summed E-state index contributed by atoms with van der Waals surface area (Å²) in [4.78, 5) is 2.75. The Morgan fingerprint density at radius 3 is 2.61 bits per heavy atom. The van der Waals surface area contributed by atoms with Crippen LogP contribution in [-0.4, -0.2) is 36.6 Å². The Balaban J connectivity index is 1.73. The van der Waals surface area contributed by atoms with Gasteiger partial charge in [-0.1, -0.05) is 39.5 Å². The van der Waals surface area contributed by atoms with E-state index in [0.717, 1.165) is 17.9 Å². The fraction of sp³-hybridized carbons (Fsp3) is 1.00. The summed E-state index contributed by atoms with van der Waals surface area (Å²) in [7, 11) is 0. The second kappa shape index (κ2) is 6.91. The molecule has 2 unspecified atom stereocenters. The Labute approximate surface area is 114 Å². The van der Waals surface area contributed by atoms with Crippen LogP contribution in [0.2, 0.25) is 0 Å². The molecule has 1 aliphatic carbocycles. The Hall–Kier alpha value is -0.0800. The predicted octanol–water partition coefficient (Wildman–Crippen LogP) is 3.28. The fourth-order valence-electron chi connectivity index (χ4n) is 3.80. The topological polar surface area (TPSA) is 15.3 Å². The van der Waals surface area contributed by atoms with Gasteiger partial charge in [0.05, 0.1) is 0 Å². The Kier molecular flexibility index (Phi) is 5.50. The van der Waals surface area contributed by atoms with Crippen LogP contribution in [0, 0.1) is 11.8 Å². The number of rotatable bonds is 5. The van der Waals surface area contributed by atoms with Crippen LogP contribution in [0.1, 0.15) is 59.3 Å². The average Bonchev–Trinajstić information content (AvgIpc) is 2.82. The number of hydrogen-bond donors (Lipinski definition) is 1. The van der Waals surface area contributed by atoms with E-state index in [9.17, 15) is 0 Å². The molecule has 106 valence electrons. The molecule has 1 N–H and O–H groups in total. The molecule has 18 heavy (non-hydrogen) atoms. The van der Waals surface area contributed by atoms with E-state index < -0.39 is 0 Å². The molecule has 0 bridgehead atoms. The van der Waals surface area contributed by atoms with Gasteiger partial charge in [-0.05, 0) is 38.1 Å². The van der Waals surface area contributed by atoms with Gasteiger partial charge in [0.25, 0.3) is 0 Å². The lowest BCUT2D eigenvalue weighted by Gasteiger charge is -2.41. The summed E-state index contributed by atoms with van der Waals surface area (Å²) in [6, 6.07) is 1.43. The van der Waals surface area contributed by atoms with Crippen molar-refractivity contribution in [3.63, 3.8) is 0 Å². The maximum absolute atomic E-state index is 3.63. The predicted molar refractivity (Wildman–Crippen MR) is 78.9 cm³/mol. The summed E-state index contributed by atoms with van der Waals surface area (Å²) < 4.78 is 0. The third kappa shape index (κ3) is 3.96.